The summed E-state index contributed by atoms with van der Waals surface area (Å²) in [6.45, 7) is 0.672. The van der Waals surface area contributed by atoms with Crippen LogP contribution in [0.5, 0.6) is 5.75 Å². The van der Waals surface area contributed by atoms with Crippen molar-refractivity contribution in [2.75, 3.05) is 12.5 Å². The van der Waals surface area contributed by atoms with E-state index in [9.17, 15) is 4.39 Å². The van der Waals surface area contributed by atoms with E-state index in [0.717, 1.165) is 0 Å². The van der Waals surface area contributed by atoms with Crippen LogP contribution in [0.15, 0.2) is 18.2 Å². The minimum Gasteiger partial charge on any atom is -0.493 e. The van der Waals surface area contributed by atoms with Crippen LogP contribution in [-0.4, -0.2) is 12.5 Å². The Hall–Kier alpha value is -1.20. The van der Waals surface area contributed by atoms with Gasteiger partial charge in [0.2, 0.25) is 0 Å². The Bertz CT molecular complexity index is 429. The number of ether oxygens (including phenoxy) is 1. The predicted molar refractivity (Wildman–Crippen MR) is 62.2 cm³/mol. The van der Waals surface area contributed by atoms with E-state index in [-0.39, 0.29) is 11.7 Å². The first-order chi connectivity index (χ1) is 7.78. The van der Waals surface area contributed by atoms with Gasteiger partial charge in [-0.2, -0.15) is 0 Å². The number of benzene rings is 1. The van der Waals surface area contributed by atoms with Crippen molar-refractivity contribution in [2.24, 2.45) is 5.92 Å². The molecule has 0 amide bonds. The molecule has 84 valence electrons. The summed E-state index contributed by atoms with van der Waals surface area (Å²) in [6, 6.07) is 4.50. The van der Waals surface area contributed by atoms with Crippen molar-refractivity contribution in [1.82, 2.24) is 0 Å². The normalized spacial score (nSPS) is 14.1. The topological polar surface area (TPSA) is 9.23 Å². The molecule has 0 aliphatic heterocycles. The van der Waals surface area contributed by atoms with E-state index in [1.165, 1.54) is 25.0 Å². The van der Waals surface area contributed by atoms with Gasteiger partial charge in [-0.3, -0.25) is 0 Å². The number of halogens is 2. The zero-order valence-corrected chi connectivity index (χ0v) is 9.56. The average Bonchev–Trinajstić information content (AvgIpc) is 3.07. The van der Waals surface area contributed by atoms with Crippen molar-refractivity contribution in [2.45, 2.75) is 12.8 Å². The summed E-state index contributed by atoms with van der Waals surface area (Å²) in [7, 11) is 0. The summed E-state index contributed by atoms with van der Waals surface area (Å²) in [6.07, 6.45) is 2.43. The summed E-state index contributed by atoms with van der Waals surface area (Å²) >= 11 is 5.44. The van der Waals surface area contributed by atoms with Crippen LogP contribution in [0.1, 0.15) is 18.4 Å². The van der Waals surface area contributed by atoms with Crippen LogP contribution in [0.2, 0.25) is 0 Å². The molecule has 0 saturated heterocycles. The van der Waals surface area contributed by atoms with E-state index in [0.29, 0.717) is 23.8 Å². The van der Waals surface area contributed by atoms with Gasteiger partial charge < -0.3 is 4.74 Å². The van der Waals surface area contributed by atoms with Crippen LogP contribution in [0.4, 0.5) is 4.39 Å². The third-order valence-electron chi connectivity index (χ3n) is 2.35. The predicted octanol–water partition coefficient (Wildman–Crippen LogP) is 3.20. The largest absolute Gasteiger partial charge is 0.493 e. The molecular formula is C13H12ClFO. The van der Waals surface area contributed by atoms with E-state index in [1.807, 2.05) is 0 Å². The van der Waals surface area contributed by atoms with Gasteiger partial charge in [-0.15, -0.1) is 11.6 Å². The summed E-state index contributed by atoms with van der Waals surface area (Å²) in [4.78, 5) is 0. The molecule has 2 rings (SSSR count). The lowest BCUT2D eigenvalue weighted by Gasteiger charge is -2.05. The summed E-state index contributed by atoms with van der Waals surface area (Å²) < 4.78 is 18.7. The molecule has 0 bridgehead atoms. The first-order valence-corrected chi connectivity index (χ1v) is 5.79. The molecule has 0 radical (unpaired) electrons. The molecule has 1 aliphatic rings. The molecule has 0 unspecified atom stereocenters. The molecule has 0 spiro atoms. The molecular weight excluding hydrogens is 227 g/mol. The zero-order chi connectivity index (χ0) is 11.4. The molecule has 1 nitrogen and oxygen atoms in total. The molecule has 1 aromatic carbocycles. The van der Waals surface area contributed by atoms with Gasteiger partial charge in [0, 0.05) is 11.6 Å². The van der Waals surface area contributed by atoms with Gasteiger partial charge in [-0.25, -0.2) is 4.39 Å². The Kier molecular flexibility index (Phi) is 3.69. The maximum Gasteiger partial charge on any atom is 0.128 e. The minimum absolute atomic E-state index is 0.245. The van der Waals surface area contributed by atoms with Crippen molar-refractivity contribution < 1.29 is 9.13 Å². The first-order valence-electron chi connectivity index (χ1n) is 5.26. The zero-order valence-electron chi connectivity index (χ0n) is 8.80. The van der Waals surface area contributed by atoms with E-state index in [2.05, 4.69) is 11.8 Å². The summed E-state index contributed by atoms with van der Waals surface area (Å²) in [5.74, 6) is 6.58. The third-order valence-corrected chi connectivity index (χ3v) is 2.49. The van der Waals surface area contributed by atoms with Gasteiger partial charge in [0.1, 0.15) is 11.6 Å². The fourth-order valence-electron chi connectivity index (χ4n) is 1.35. The quantitative estimate of drug-likeness (QED) is 0.581. The van der Waals surface area contributed by atoms with Crippen LogP contribution < -0.4 is 4.74 Å². The van der Waals surface area contributed by atoms with Gasteiger partial charge in [-0.05, 0) is 30.9 Å². The highest BCUT2D eigenvalue weighted by Gasteiger charge is 2.21. The van der Waals surface area contributed by atoms with Crippen molar-refractivity contribution in [3.05, 3.63) is 29.6 Å². The lowest BCUT2D eigenvalue weighted by molar-refractivity contribution is 0.298. The Balaban J connectivity index is 2.07. The number of alkyl halides is 1. The second-order valence-electron chi connectivity index (χ2n) is 3.87. The van der Waals surface area contributed by atoms with Crippen LogP contribution in [0, 0.1) is 23.6 Å². The Morgan fingerprint density at radius 3 is 2.88 bits per heavy atom. The smallest absolute Gasteiger partial charge is 0.128 e. The van der Waals surface area contributed by atoms with Gasteiger partial charge >= 0.3 is 0 Å². The highest BCUT2D eigenvalue weighted by molar-refractivity contribution is 6.19. The van der Waals surface area contributed by atoms with Crippen molar-refractivity contribution >= 4 is 11.6 Å². The van der Waals surface area contributed by atoms with Gasteiger partial charge in [0.15, 0.2) is 0 Å². The van der Waals surface area contributed by atoms with Crippen LogP contribution in [0.25, 0.3) is 0 Å². The van der Waals surface area contributed by atoms with Crippen LogP contribution in [0.3, 0.4) is 0 Å². The molecule has 1 fully saturated rings. The second kappa shape index (κ2) is 5.23. The Morgan fingerprint density at radius 1 is 1.38 bits per heavy atom. The Morgan fingerprint density at radius 2 is 2.19 bits per heavy atom. The molecule has 1 aliphatic carbocycles. The number of hydrogen-bond acceptors (Lipinski definition) is 1. The molecule has 3 heteroatoms. The standard InChI is InChI=1S/C13H12ClFO/c14-5-1-2-11-6-12(15)8-13(7-11)16-9-10-3-4-10/h6-8,10H,3-5,9H2. The lowest BCUT2D eigenvalue weighted by atomic mass is 10.2. The fourth-order valence-corrected chi connectivity index (χ4v) is 1.42. The Labute approximate surface area is 99.6 Å². The van der Waals surface area contributed by atoms with E-state index < -0.39 is 0 Å². The maximum absolute atomic E-state index is 13.2. The lowest BCUT2D eigenvalue weighted by Crippen LogP contribution is -1.99. The van der Waals surface area contributed by atoms with Crippen molar-refractivity contribution in [3.8, 4) is 17.6 Å². The third kappa shape index (κ3) is 3.43. The molecule has 0 atom stereocenters. The van der Waals surface area contributed by atoms with Crippen molar-refractivity contribution in [3.63, 3.8) is 0 Å². The van der Waals surface area contributed by atoms with Crippen molar-refractivity contribution in [1.29, 1.82) is 0 Å². The van der Waals surface area contributed by atoms with Gasteiger partial charge in [0.25, 0.3) is 0 Å². The molecule has 1 aromatic rings. The highest BCUT2D eigenvalue weighted by Crippen LogP contribution is 2.29. The summed E-state index contributed by atoms with van der Waals surface area (Å²) in [5, 5.41) is 0. The van der Waals surface area contributed by atoms with Gasteiger partial charge in [-0.1, -0.05) is 11.8 Å². The molecule has 16 heavy (non-hydrogen) atoms. The van der Waals surface area contributed by atoms with Gasteiger partial charge in [0.05, 0.1) is 12.5 Å². The number of hydrogen-bond donors (Lipinski definition) is 0. The molecule has 0 N–H and O–H groups in total. The number of rotatable bonds is 3. The average molecular weight is 239 g/mol. The van der Waals surface area contributed by atoms with E-state index in [4.69, 9.17) is 16.3 Å². The molecule has 1 saturated carbocycles. The van der Waals surface area contributed by atoms with E-state index >= 15 is 0 Å². The highest BCUT2D eigenvalue weighted by atomic mass is 35.5. The second-order valence-corrected chi connectivity index (χ2v) is 4.13. The molecule has 0 aromatic heterocycles. The van der Waals surface area contributed by atoms with Crippen LogP contribution in [-0.2, 0) is 0 Å². The van der Waals surface area contributed by atoms with E-state index in [1.54, 1.807) is 6.07 Å². The monoisotopic (exact) mass is 238 g/mol. The van der Waals surface area contributed by atoms with Crippen LogP contribution >= 0.6 is 11.6 Å². The summed E-state index contributed by atoms with van der Waals surface area (Å²) in [5.41, 5.74) is 0.603. The molecule has 0 heterocycles. The SMILES string of the molecule is Fc1cc(C#CCCl)cc(OCC2CC2)c1. The maximum atomic E-state index is 13.2. The fraction of sp³-hybridized carbons (Fsp3) is 0.385. The minimum atomic E-state index is -0.327. The first kappa shape index (κ1) is 11.3.